The predicted molar refractivity (Wildman–Crippen MR) is 124 cm³/mol. The zero-order chi connectivity index (χ0) is 24.0. The molecular formula is C24H29N5O4. The van der Waals surface area contributed by atoms with Crippen molar-refractivity contribution in [1.82, 2.24) is 25.7 Å². The summed E-state index contributed by atoms with van der Waals surface area (Å²) in [7, 11) is 0. The minimum atomic E-state index is -0.663. The maximum absolute atomic E-state index is 12.6. The summed E-state index contributed by atoms with van der Waals surface area (Å²) in [6.07, 6.45) is 3.39. The summed E-state index contributed by atoms with van der Waals surface area (Å²) in [5.74, 6) is -0.655. The average molecular weight is 452 g/mol. The summed E-state index contributed by atoms with van der Waals surface area (Å²) in [6.45, 7) is 7.83. The lowest BCUT2D eigenvalue weighted by Gasteiger charge is -2.27. The molecular weight excluding hydrogens is 422 g/mol. The third kappa shape index (κ3) is 6.55. The summed E-state index contributed by atoms with van der Waals surface area (Å²) in [5, 5.41) is 4.94. The molecule has 174 valence electrons. The number of hydrogen-bond acceptors (Lipinski definition) is 5. The smallest absolute Gasteiger partial charge is 0.429 e. The number of hydrogen-bond donors (Lipinski definition) is 3. The van der Waals surface area contributed by atoms with Gasteiger partial charge in [0.15, 0.2) is 0 Å². The van der Waals surface area contributed by atoms with Gasteiger partial charge in [-0.25, -0.2) is 9.80 Å². The van der Waals surface area contributed by atoms with Crippen molar-refractivity contribution in [3.8, 4) is 0 Å². The Morgan fingerprint density at radius 2 is 1.82 bits per heavy atom. The van der Waals surface area contributed by atoms with Crippen LogP contribution in [-0.4, -0.2) is 45.0 Å². The van der Waals surface area contributed by atoms with Gasteiger partial charge in [0.25, 0.3) is 11.8 Å². The van der Waals surface area contributed by atoms with Gasteiger partial charge in [-0.1, -0.05) is 19.1 Å². The average Bonchev–Trinajstić information content (AvgIpc) is 3.21. The first kappa shape index (κ1) is 23.8. The minimum Gasteiger partial charge on any atom is -0.442 e. The van der Waals surface area contributed by atoms with Crippen LogP contribution in [0.25, 0.3) is 10.9 Å². The molecule has 0 saturated carbocycles. The standard InChI is InChI=1S/C24H29N5O4/c1-5-12-29(23(32)33-24(2,3)4)28-21(30)17-8-6-16(7-9-17)14-26-22(31)19-13-18-10-11-25-15-20(18)27-19/h6-11,13,15,27H,5,12,14H2,1-4H3,(H,26,31)(H,28,30). The topological polar surface area (TPSA) is 116 Å². The van der Waals surface area contributed by atoms with Gasteiger partial charge in [-0.15, -0.1) is 0 Å². The number of rotatable bonds is 6. The van der Waals surface area contributed by atoms with Crippen LogP contribution in [0.1, 0.15) is 60.5 Å². The number of hydrazine groups is 1. The molecule has 0 aliphatic heterocycles. The largest absolute Gasteiger partial charge is 0.442 e. The number of ether oxygens (including phenoxy) is 1. The van der Waals surface area contributed by atoms with Gasteiger partial charge in [-0.05, 0) is 57.0 Å². The first-order chi connectivity index (χ1) is 15.7. The molecule has 0 atom stereocenters. The highest BCUT2D eigenvalue weighted by Crippen LogP contribution is 2.14. The van der Waals surface area contributed by atoms with Crippen molar-refractivity contribution in [3.05, 3.63) is 65.6 Å². The van der Waals surface area contributed by atoms with Crippen LogP contribution in [0, 0.1) is 0 Å². The van der Waals surface area contributed by atoms with Crippen molar-refractivity contribution >= 4 is 28.8 Å². The number of fused-ring (bicyclic) bond motifs is 1. The number of nitrogens with one attached hydrogen (secondary N) is 3. The van der Waals surface area contributed by atoms with Crippen molar-refractivity contribution in [1.29, 1.82) is 0 Å². The Balaban J connectivity index is 1.57. The van der Waals surface area contributed by atoms with Crippen LogP contribution in [0.4, 0.5) is 4.79 Å². The zero-order valence-electron chi connectivity index (χ0n) is 19.3. The fourth-order valence-electron chi connectivity index (χ4n) is 3.07. The maximum Gasteiger partial charge on any atom is 0.429 e. The van der Waals surface area contributed by atoms with E-state index in [0.29, 0.717) is 30.8 Å². The highest BCUT2D eigenvalue weighted by molar-refractivity contribution is 5.98. The van der Waals surface area contributed by atoms with Crippen molar-refractivity contribution < 1.29 is 19.1 Å². The second-order valence-electron chi connectivity index (χ2n) is 8.60. The third-order valence-corrected chi connectivity index (χ3v) is 4.64. The quantitative estimate of drug-likeness (QED) is 0.493. The van der Waals surface area contributed by atoms with Gasteiger partial charge < -0.3 is 15.0 Å². The van der Waals surface area contributed by atoms with Gasteiger partial charge >= 0.3 is 6.09 Å². The van der Waals surface area contributed by atoms with E-state index in [1.54, 1.807) is 63.5 Å². The van der Waals surface area contributed by atoms with Gasteiger partial charge in [0.1, 0.15) is 11.3 Å². The van der Waals surface area contributed by atoms with Crippen LogP contribution in [0.15, 0.2) is 48.8 Å². The van der Waals surface area contributed by atoms with Crippen LogP contribution in [0.2, 0.25) is 0 Å². The molecule has 9 nitrogen and oxygen atoms in total. The van der Waals surface area contributed by atoms with E-state index in [1.807, 2.05) is 13.0 Å². The fraction of sp³-hybridized carbons (Fsp3) is 0.333. The molecule has 2 aromatic heterocycles. The van der Waals surface area contributed by atoms with Crippen LogP contribution < -0.4 is 10.7 Å². The monoisotopic (exact) mass is 451 g/mol. The Morgan fingerprint density at radius 1 is 1.09 bits per heavy atom. The van der Waals surface area contributed by atoms with Crippen LogP contribution in [0.5, 0.6) is 0 Å². The highest BCUT2D eigenvalue weighted by Gasteiger charge is 2.23. The fourth-order valence-corrected chi connectivity index (χ4v) is 3.07. The van der Waals surface area contributed by atoms with Gasteiger partial charge in [0.05, 0.1) is 11.7 Å². The number of H-pyrrole nitrogens is 1. The molecule has 33 heavy (non-hydrogen) atoms. The molecule has 0 aliphatic rings. The summed E-state index contributed by atoms with van der Waals surface area (Å²) in [5.41, 5.74) is 4.40. The molecule has 3 aromatic rings. The van der Waals surface area contributed by atoms with Gasteiger partial charge in [-0.3, -0.25) is 20.0 Å². The lowest BCUT2D eigenvalue weighted by Crippen LogP contribution is -2.48. The van der Waals surface area contributed by atoms with E-state index >= 15 is 0 Å². The molecule has 0 bridgehead atoms. The Kier molecular flexibility index (Phi) is 7.32. The van der Waals surface area contributed by atoms with Crippen molar-refractivity contribution in [2.45, 2.75) is 46.3 Å². The summed E-state index contributed by atoms with van der Waals surface area (Å²) >= 11 is 0. The summed E-state index contributed by atoms with van der Waals surface area (Å²) < 4.78 is 5.34. The number of aromatic nitrogens is 2. The minimum absolute atomic E-state index is 0.236. The van der Waals surface area contributed by atoms with Crippen molar-refractivity contribution in [2.75, 3.05) is 6.54 Å². The SMILES string of the molecule is CCCN(NC(=O)c1ccc(CNC(=O)c2cc3ccncc3[nH]2)cc1)C(=O)OC(C)(C)C. The van der Waals surface area contributed by atoms with E-state index in [9.17, 15) is 14.4 Å². The van der Waals surface area contributed by atoms with Crippen LogP contribution in [-0.2, 0) is 11.3 Å². The van der Waals surface area contributed by atoms with Gasteiger partial charge in [0.2, 0.25) is 0 Å². The van der Waals surface area contributed by atoms with E-state index in [-0.39, 0.29) is 5.91 Å². The Bertz CT molecular complexity index is 1100. The van der Waals surface area contributed by atoms with Gasteiger partial charge in [-0.2, -0.15) is 0 Å². The number of amides is 3. The number of carbonyl (C=O) groups is 3. The molecule has 0 radical (unpaired) electrons. The molecule has 0 saturated heterocycles. The number of nitrogens with zero attached hydrogens (tertiary/aromatic N) is 2. The molecule has 0 fully saturated rings. The number of benzene rings is 1. The second kappa shape index (κ2) is 10.2. The Morgan fingerprint density at radius 3 is 2.45 bits per heavy atom. The lowest BCUT2D eigenvalue weighted by atomic mass is 10.1. The van der Waals surface area contributed by atoms with Gasteiger partial charge in [0, 0.05) is 30.2 Å². The van der Waals surface area contributed by atoms with Crippen LogP contribution >= 0.6 is 0 Å². The number of aromatic amines is 1. The molecule has 9 heteroatoms. The first-order valence-electron chi connectivity index (χ1n) is 10.8. The van der Waals surface area contributed by atoms with Crippen LogP contribution in [0.3, 0.4) is 0 Å². The molecule has 3 N–H and O–H groups in total. The molecule has 0 unspecified atom stereocenters. The molecule has 0 spiro atoms. The highest BCUT2D eigenvalue weighted by atomic mass is 16.6. The Hall–Kier alpha value is -3.88. The molecule has 2 heterocycles. The molecule has 0 aliphatic carbocycles. The lowest BCUT2D eigenvalue weighted by molar-refractivity contribution is 0.0133. The van der Waals surface area contributed by atoms with Crippen molar-refractivity contribution in [2.24, 2.45) is 0 Å². The van der Waals surface area contributed by atoms with E-state index in [1.165, 1.54) is 5.01 Å². The van der Waals surface area contributed by atoms with E-state index < -0.39 is 17.6 Å². The molecule has 3 amide bonds. The maximum atomic E-state index is 12.6. The number of pyridine rings is 1. The molecule has 3 rings (SSSR count). The van der Waals surface area contributed by atoms with Crippen molar-refractivity contribution in [3.63, 3.8) is 0 Å². The first-order valence-corrected chi connectivity index (χ1v) is 10.8. The molecule has 1 aromatic carbocycles. The van der Waals surface area contributed by atoms with E-state index in [4.69, 9.17) is 4.74 Å². The normalized spacial score (nSPS) is 11.2. The third-order valence-electron chi connectivity index (χ3n) is 4.64. The second-order valence-corrected chi connectivity index (χ2v) is 8.60. The number of carbonyl (C=O) groups excluding carboxylic acids is 3. The van der Waals surface area contributed by atoms with E-state index in [2.05, 4.69) is 20.7 Å². The zero-order valence-corrected chi connectivity index (χ0v) is 19.3. The summed E-state index contributed by atoms with van der Waals surface area (Å²) in [4.78, 5) is 44.4. The Labute approximate surface area is 192 Å². The predicted octanol–water partition coefficient (Wildman–Crippen LogP) is 3.78. The van der Waals surface area contributed by atoms with E-state index in [0.717, 1.165) is 16.5 Å². The summed E-state index contributed by atoms with van der Waals surface area (Å²) in [6, 6.07) is 10.4.